The van der Waals surface area contributed by atoms with Gasteiger partial charge in [0.1, 0.15) is 9.84 Å². The molecule has 0 amide bonds. The highest BCUT2D eigenvalue weighted by atomic mass is 32.2. The molecule has 3 atom stereocenters. The molecule has 0 aliphatic carbocycles. The fourth-order valence-corrected chi connectivity index (χ4v) is 3.78. The van der Waals surface area contributed by atoms with Gasteiger partial charge in [-0.25, -0.2) is 8.42 Å². The van der Waals surface area contributed by atoms with Crippen LogP contribution in [0.1, 0.15) is 13.3 Å². The molecule has 0 saturated carbocycles. The molecule has 0 bridgehead atoms. The minimum Gasteiger partial charge on any atom is -0.316 e. The summed E-state index contributed by atoms with van der Waals surface area (Å²) in [4.78, 5) is 2.39. The van der Waals surface area contributed by atoms with Gasteiger partial charge in [-0.1, -0.05) is 6.92 Å². The van der Waals surface area contributed by atoms with Crippen molar-refractivity contribution in [2.75, 3.05) is 38.2 Å². The van der Waals surface area contributed by atoms with Crippen molar-refractivity contribution in [1.29, 1.82) is 0 Å². The van der Waals surface area contributed by atoms with Gasteiger partial charge in [0, 0.05) is 25.4 Å². The zero-order valence-electron chi connectivity index (χ0n) is 10.1. The van der Waals surface area contributed by atoms with E-state index < -0.39 is 9.84 Å². The van der Waals surface area contributed by atoms with Crippen LogP contribution in [0.3, 0.4) is 0 Å². The molecule has 2 saturated heterocycles. The molecule has 5 heteroatoms. The third kappa shape index (κ3) is 2.57. The number of nitrogens with one attached hydrogen (secondary N) is 1. The second kappa shape index (κ2) is 4.63. The van der Waals surface area contributed by atoms with Gasteiger partial charge in [-0.05, 0) is 31.3 Å². The van der Waals surface area contributed by atoms with Crippen molar-refractivity contribution in [3.8, 4) is 0 Å². The number of hydrogen-bond donors (Lipinski definition) is 1. The zero-order valence-corrected chi connectivity index (χ0v) is 11.0. The van der Waals surface area contributed by atoms with Gasteiger partial charge in [0.25, 0.3) is 0 Å². The fraction of sp³-hybridized carbons (Fsp3) is 1.00. The standard InChI is InChI=1S/C11H22N2O2S/c1-3-11-10-7-12-6-9(10)8-13(11)4-5-16(2,14)15/h9-12H,3-8H2,1-2H3. The van der Waals surface area contributed by atoms with E-state index in [2.05, 4.69) is 17.1 Å². The van der Waals surface area contributed by atoms with Crippen LogP contribution in [-0.2, 0) is 9.84 Å². The van der Waals surface area contributed by atoms with Gasteiger partial charge in [-0.15, -0.1) is 0 Å². The summed E-state index contributed by atoms with van der Waals surface area (Å²) in [6.07, 6.45) is 2.46. The Hall–Kier alpha value is -0.130. The first-order valence-corrected chi connectivity index (χ1v) is 8.20. The lowest BCUT2D eigenvalue weighted by atomic mass is 9.93. The zero-order chi connectivity index (χ0) is 11.8. The lowest BCUT2D eigenvalue weighted by molar-refractivity contribution is 0.230. The van der Waals surface area contributed by atoms with Crippen LogP contribution in [-0.4, -0.2) is 57.5 Å². The molecule has 2 aliphatic rings. The van der Waals surface area contributed by atoms with Gasteiger partial charge in [0.2, 0.25) is 0 Å². The van der Waals surface area contributed by atoms with Crippen LogP contribution in [0.5, 0.6) is 0 Å². The number of likely N-dealkylation sites (tertiary alicyclic amines) is 1. The normalized spacial score (nSPS) is 35.5. The smallest absolute Gasteiger partial charge is 0.148 e. The highest BCUT2D eigenvalue weighted by Crippen LogP contribution is 2.33. The topological polar surface area (TPSA) is 49.4 Å². The third-order valence-electron chi connectivity index (χ3n) is 3.99. The summed E-state index contributed by atoms with van der Waals surface area (Å²) >= 11 is 0. The highest BCUT2D eigenvalue weighted by molar-refractivity contribution is 7.90. The number of sulfone groups is 1. The lowest BCUT2D eigenvalue weighted by Gasteiger charge is -2.26. The van der Waals surface area contributed by atoms with Crippen LogP contribution < -0.4 is 5.32 Å². The van der Waals surface area contributed by atoms with Crippen LogP contribution in [0.25, 0.3) is 0 Å². The van der Waals surface area contributed by atoms with Crippen molar-refractivity contribution < 1.29 is 8.42 Å². The number of nitrogens with zero attached hydrogens (tertiary/aromatic N) is 1. The van der Waals surface area contributed by atoms with Gasteiger partial charge in [-0.3, -0.25) is 4.90 Å². The molecule has 0 aromatic heterocycles. The van der Waals surface area contributed by atoms with E-state index in [9.17, 15) is 8.42 Å². The Labute approximate surface area is 98.3 Å². The molecule has 0 spiro atoms. The quantitative estimate of drug-likeness (QED) is 0.756. The van der Waals surface area contributed by atoms with E-state index >= 15 is 0 Å². The summed E-state index contributed by atoms with van der Waals surface area (Å²) in [7, 11) is -2.82. The Kier molecular flexibility index (Phi) is 3.56. The first-order valence-electron chi connectivity index (χ1n) is 6.13. The van der Waals surface area contributed by atoms with E-state index in [1.165, 1.54) is 6.26 Å². The van der Waals surface area contributed by atoms with Crippen LogP contribution in [0.2, 0.25) is 0 Å². The molecule has 2 fully saturated rings. The predicted octanol–water partition coefficient (Wildman–Crippen LogP) is -0.0392. The number of hydrogen-bond acceptors (Lipinski definition) is 4. The van der Waals surface area contributed by atoms with Crippen LogP contribution in [0.15, 0.2) is 0 Å². The molecule has 2 heterocycles. The van der Waals surface area contributed by atoms with E-state index in [1.54, 1.807) is 0 Å². The van der Waals surface area contributed by atoms with Gasteiger partial charge in [0.15, 0.2) is 0 Å². The second-order valence-corrected chi connectivity index (χ2v) is 7.44. The maximum atomic E-state index is 11.2. The molecular formula is C11H22N2O2S. The SMILES string of the molecule is CCC1C2CNCC2CN1CCS(C)(=O)=O. The summed E-state index contributed by atoms with van der Waals surface area (Å²) in [6, 6.07) is 0.585. The van der Waals surface area contributed by atoms with E-state index in [0.717, 1.165) is 37.9 Å². The molecule has 16 heavy (non-hydrogen) atoms. The first-order chi connectivity index (χ1) is 7.51. The Balaban J connectivity index is 1.95. The summed E-state index contributed by atoms with van der Waals surface area (Å²) in [5, 5.41) is 3.44. The monoisotopic (exact) mass is 246 g/mol. The first kappa shape index (κ1) is 12.3. The van der Waals surface area contributed by atoms with Crippen molar-refractivity contribution in [3.63, 3.8) is 0 Å². The molecule has 4 nitrogen and oxygen atoms in total. The van der Waals surface area contributed by atoms with E-state index in [0.29, 0.717) is 18.3 Å². The van der Waals surface area contributed by atoms with Crippen LogP contribution in [0, 0.1) is 11.8 Å². The Bertz CT molecular complexity index is 342. The number of rotatable bonds is 4. The maximum Gasteiger partial charge on any atom is 0.148 e. The Morgan fingerprint density at radius 2 is 2.12 bits per heavy atom. The summed E-state index contributed by atoms with van der Waals surface area (Å²) < 4.78 is 22.4. The van der Waals surface area contributed by atoms with Crippen molar-refractivity contribution in [2.24, 2.45) is 11.8 Å². The van der Waals surface area contributed by atoms with Crippen molar-refractivity contribution >= 4 is 9.84 Å². The van der Waals surface area contributed by atoms with Gasteiger partial charge in [-0.2, -0.15) is 0 Å². The molecule has 3 unspecified atom stereocenters. The minimum absolute atomic E-state index is 0.302. The molecule has 0 aromatic rings. The summed E-state index contributed by atoms with van der Waals surface area (Å²) in [5.41, 5.74) is 0. The van der Waals surface area contributed by atoms with Crippen molar-refractivity contribution in [2.45, 2.75) is 19.4 Å². The van der Waals surface area contributed by atoms with Crippen molar-refractivity contribution in [1.82, 2.24) is 10.2 Å². The minimum atomic E-state index is -2.82. The maximum absolute atomic E-state index is 11.2. The van der Waals surface area contributed by atoms with E-state index in [-0.39, 0.29) is 0 Å². The fourth-order valence-electron chi connectivity index (χ4n) is 3.21. The van der Waals surface area contributed by atoms with Crippen LogP contribution in [0.4, 0.5) is 0 Å². The highest BCUT2D eigenvalue weighted by Gasteiger charge is 2.42. The van der Waals surface area contributed by atoms with Crippen molar-refractivity contribution in [3.05, 3.63) is 0 Å². The molecule has 94 valence electrons. The van der Waals surface area contributed by atoms with Gasteiger partial charge < -0.3 is 5.32 Å². The number of fused-ring (bicyclic) bond motifs is 1. The average molecular weight is 246 g/mol. The Morgan fingerprint density at radius 1 is 1.38 bits per heavy atom. The molecule has 1 N–H and O–H groups in total. The summed E-state index contributed by atoms with van der Waals surface area (Å²) in [6.45, 7) is 6.21. The van der Waals surface area contributed by atoms with E-state index in [1.807, 2.05) is 0 Å². The molecule has 0 aromatic carbocycles. The molecular weight excluding hydrogens is 224 g/mol. The predicted molar refractivity (Wildman–Crippen MR) is 65.2 cm³/mol. The van der Waals surface area contributed by atoms with Gasteiger partial charge >= 0.3 is 0 Å². The lowest BCUT2D eigenvalue weighted by Crippen LogP contribution is -2.37. The molecule has 0 radical (unpaired) electrons. The van der Waals surface area contributed by atoms with Gasteiger partial charge in [0.05, 0.1) is 5.75 Å². The van der Waals surface area contributed by atoms with E-state index in [4.69, 9.17) is 0 Å². The average Bonchev–Trinajstić information content (AvgIpc) is 2.71. The summed E-state index contributed by atoms with van der Waals surface area (Å²) in [5.74, 6) is 1.78. The van der Waals surface area contributed by atoms with Crippen LogP contribution >= 0.6 is 0 Å². The Morgan fingerprint density at radius 3 is 2.75 bits per heavy atom. The molecule has 2 rings (SSSR count). The second-order valence-electron chi connectivity index (χ2n) is 5.18. The third-order valence-corrected chi connectivity index (χ3v) is 4.92. The molecule has 2 aliphatic heterocycles. The largest absolute Gasteiger partial charge is 0.316 e.